The van der Waals surface area contributed by atoms with Gasteiger partial charge < -0.3 is 20.1 Å². The number of methoxy groups -OCH3 is 1. The number of nitrogens with zero attached hydrogens (tertiary/aromatic N) is 4. The lowest BCUT2D eigenvalue weighted by Gasteiger charge is -2.19. The second kappa shape index (κ2) is 13.0. The topological polar surface area (TPSA) is 110 Å². The summed E-state index contributed by atoms with van der Waals surface area (Å²) in [7, 11) is 3.71. The first-order valence-electron chi connectivity index (χ1n) is 14.3. The summed E-state index contributed by atoms with van der Waals surface area (Å²) in [4.78, 5) is 36.9. The lowest BCUT2D eigenvalue weighted by molar-refractivity contribution is -0.0138. The quantitative estimate of drug-likeness (QED) is 0.265. The Kier molecular flexibility index (Phi) is 9.14. The van der Waals surface area contributed by atoms with Crippen LogP contribution in [0.2, 0.25) is 0 Å². The zero-order valence-electron chi connectivity index (χ0n) is 24.9. The van der Waals surface area contributed by atoms with Crippen molar-refractivity contribution < 1.29 is 23.5 Å². The van der Waals surface area contributed by atoms with Crippen LogP contribution in [0.4, 0.5) is 10.1 Å². The maximum absolute atomic E-state index is 14.7. The number of fused-ring (bicyclic) bond motifs is 1. The van der Waals surface area contributed by atoms with Gasteiger partial charge in [-0.3, -0.25) is 23.9 Å². The van der Waals surface area contributed by atoms with Crippen LogP contribution in [0.25, 0.3) is 16.8 Å². The number of pyridine rings is 2. The Morgan fingerprint density at radius 3 is 2.74 bits per heavy atom. The molecule has 2 N–H and O–H groups in total. The van der Waals surface area contributed by atoms with E-state index in [1.54, 1.807) is 23.9 Å². The second-order valence-electron chi connectivity index (χ2n) is 11.5. The van der Waals surface area contributed by atoms with Crippen molar-refractivity contribution in [2.24, 2.45) is 0 Å². The molecule has 0 spiro atoms. The van der Waals surface area contributed by atoms with Gasteiger partial charge in [0.05, 0.1) is 30.2 Å². The average molecular weight is 589 g/mol. The molecule has 43 heavy (non-hydrogen) atoms. The fourth-order valence-corrected chi connectivity index (χ4v) is 5.18. The Morgan fingerprint density at radius 2 is 1.98 bits per heavy atom. The molecular formula is C32H37FN6O4. The van der Waals surface area contributed by atoms with Gasteiger partial charge in [0.1, 0.15) is 17.2 Å². The molecule has 0 aliphatic carbocycles. The molecule has 0 saturated carbocycles. The van der Waals surface area contributed by atoms with E-state index in [0.29, 0.717) is 18.8 Å². The highest BCUT2D eigenvalue weighted by molar-refractivity contribution is 6.04. The lowest BCUT2D eigenvalue weighted by Crippen LogP contribution is -2.33. The third-order valence-electron chi connectivity index (χ3n) is 7.52. The molecule has 3 aromatic heterocycles. The molecule has 1 aliphatic heterocycles. The standard InChI is InChI=1S/C32H37FN6O4/c1-32(2)9-7-25(43-32)18-36-30(40)23-5-6-26(33)27(14-23)37-31(41)28-19-35-29-15-22(8-10-39(28)29)24-13-21(16-34-17-24)20-38(3)11-12-42-4/h5-6,8,10,13-17,19,25H,7,9,11-12,18,20H2,1-4H3,(H,36,40)(H,37,41). The number of benzene rings is 1. The number of hydrogen-bond acceptors (Lipinski definition) is 7. The number of carbonyl (C=O) groups is 2. The van der Waals surface area contributed by atoms with Crippen LogP contribution in [0.15, 0.2) is 61.2 Å². The molecule has 1 aromatic carbocycles. The Morgan fingerprint density at radius 1 is 1.14 bits per heavy atom. The third-order valence-corrected chi connectivity index (χ3v) is 7.52. The highest BCUT2D eigenvalue weighted by Gasteiger charge is 2.31. The number of amides is 2. The number of halogens is 1. The first-order valence-corrected chi connectivity index (χ1v) is 14.3. The Balaban J connectivity index is 1.26. The molecule has 11 heteroatoms. The van der Waals surface area contributed by atoms with E-state index in [-0.39, 0.29) is 34.6 Å². The minimum atomic E-state index is -0.651. The van der Waals surface area contributed by atoms with Gasteiger partial charge in [0, 0.05) is 56.5 Å². The van der Waals surface area contributed by atoms with E-state index in [0.717, 1.165) is 48.7 Å². The number of imidazole rings is 1. The third kappa shape index (κ3) is 7.42. The lowest BCUT2D eigenvalue weighted by atomic mass is 10.1. The van der Waals surface area contributed by atoms with E-state index in [4.69, 9.17) is 9.47 Å². The number of nitrogens with one attached hydrogen (secondary N) is 2. The van der Waals surface area contributed by atoms with Gasteiger partial charge in [-0.25, -0.2) is 9.37 Å². The van der Waals surface area contributed by atoms with Crippen molar-refractivity contribution >= 4 is 23.1 Å². The molecule has 0 radical (unpaired) electrons. The molecule has 4 aromatic rings. The number of hydrogen-bond donors (Lipinski definition) is 2. The number of anilines is 1. The Hall–Kier alpha value is -4.19. The van der Waals surface area contributed by atoms with Gasteiger partial charge in [0.15, 0.2) is 0 Å². The van der Waals surface area contributed by atoms with Crippen LogP contribution in [0.1, 0.15) is 53.1 Å². The van der Waals surface area contributed by atoms with Crippen molar-refractivity contribution in [1.82, 2.24) is 24.6 Å². The summed E-state index contributed by atoms with van der Waals surface area (Å²) in [5.74, 6) is -1.57. The summed E-state index contributed by atoms with van der Waals surface area (Å²) in [6.07, 6.45) is 8.52. The van der Waals surface area contributed by atoms with Crippen LogP contribution in [0.5, 0.6) is 0 Å². The summed E-state index contributed by atoms with van der Waals surface area (Å²) in [5.41, 5.74) is 3.60. The molecule has 10 nitrogen and oxygen atoms in total. The zero-order valence-corrected chi connectivity index (χ0v) is 24.9. The van der Waals surface area contributed by atoms with E-state index in [1.807, 2.05) is 39.2 Å². The van der Waals surface area contributed by atoms with E-state index in [1.165, 1.54) is 18.3 Å². The maximum Gasteiger partial charge on any atom is 0.274 e. The summed E-state index contributed by atoms with van der Waals surface area (Å²) in [6.45, 7) is 6.59. The predicted molar refractivity (Wildman–Crippen MR) is 162 cm³/mol. The van der Waals surface area contributed by atoms with Crippen LogP contribution >= 0.6 is 0 Å². The average Bonchev–Trinajstić information content (AvgIpc) is 3.58. The van der Waals surface area contributed by atoms with E-state index in [9.17, 15) is 14.0 Å². The number of rotatable bonds is 11. The van der Waals surface area contributed by atoms with Crippen molar-refractivity contribution in [1.29, 1.82) is 0 Å². The van der Waals surface area contributed by atoms with Crippen LogP contribution in [0, 0.1) is 5.82 Å². The number of aromatic nitrogens is 3. The molecule has 1 aliphatic rings. The van der Waals surface area contributed by atoms with E-state index >= 15 is 0 Å². The van der Waals surface area contributed by atoms with Crippen LogP contribution in [0.3, 0.4) is 0 Å². The van der Waals surface area contributed by atoms with Gasteiger partial charge in [-0.15, -0.1) is 0 Å². The predicted octanol–water partition coefficient (Wildman–Crippen LogP) is 4.55. The molecule has 1 saturated heterocycles. The van der Waals surface area contributed by atoms with Gasteiger partial charge in [-0.2, -0.15) is 0 Å². The first-order chi connectivity index (χ1) is 20.6. The molecule has 5 rings (SSSR count). The van der Waals surface area contributed by atoms with Crippen molar-refractivity contribution in [3.05, 3.63) is 83.8 Å². The highest BCUT2D eigenvalue weighted by atomic mass is 19.1. The smallest absolute Gasteiger partial charge is 0.274 e. The van der Waals surface area contributed by atoms with E-state index < -0.39 is 11.7 Å². The largest absolute Gasteiger partial charge is 0.383 e. The molecule has 226 valence electrons. The number of ether oxygens (including phenoxy) is 2. The summed E-state index contributed by atoms with van der Waals surface area (Å²) in [6, 6.07) is 9.70. The SMILES string of the molecule is COCCN(C)Cc1cncc(-c2ccn3c(C(=O)Nc4cc(C(=O)NCC5CCC(C)(C)O5)ccc4F)cnc3c2)c1. The number of likely N-dealkylation sites (N-methyl/N-ethyl adjacent to an activating group) is 1. The Bertz CT molecular complexity index is 1620. The van der Waals surface area contributed by atoms with Gasteiger partial charge in [-0.1, -0.05) is 0 Å². The second-order valence-corrected chi connectivity index (χ2v) is 11.5. The van der Waals surface area contributed by atoms with Crippen LogP contribution in [-0.4, -0.2) is 76.6 Å². The van der Waals surface area contributed by atoms with Crippen molar-refractivity contribution in [2.45, 2.75) is 44.9 Å². The van der Waals surface area contributed by atoms with Gasteiger partial charge in [0.25, 0.3) is 11.8 Å². The summed E-state index contributed by atoms with van der Waals surface area (Å²) < 4.78 is 27.4. The summed E-state index contributed by atoms with van der Waals surface area (Å²) in [5, 5.41) is 5.44. The van der Waals surface area contributed by atoms with Crippen molar-refractivity contribution in [3.63, 3.8) is 0 Å². The molecule has 1 atom stereocenters. The van der Waals surface area contributed by atoms with Gasteiger partial charge in [0.2, 0.25) is 0 Å². The molecule has 1 unspecified atom stereocenters. The Labute approximate surface area is 250 Å². The summed E-state index contributed by atoms with van der Waals surface area (Å²) >= 11 is 0. The monoisotopic (exact) mass is 588 g/mol. The fraction of sp³-hybridized carbons (Fsp3) is 0.375. The number of carbonyl (C=O) groups excluding carboxylic acids is 2. The molecule has 0 bridgehead atoms. The maximum atomic E-state index is 14.7. The van der Waals surface area contributed by atoms with E-state index in [2.05, 4.69) is 31.6 Å². The highest BCUT2D eigenvalue weighted by Crippen LogP contribution is 2.29. The minimum absolute atomic E-state index is 0.0674. The van der Waals surface area contributed by atoms with Crippen LogP contribution < -0.4 is 10.6 Å². The van der Waals surface area contributed by atoms with Crippen LogP contribution in [-0.2, 0) is 16.0 Å². The van der Waals surface area contributed by atoms with Crippen molar-refractivity contribution in [2.75, 3.05) is 39.2 Å². The normalized spacial score (nSPS) is 16.1. The molecule has 2 amide bonds. The first kappa shape index (κ1) is 30.3. The minimum Gasteiger partial charge on any atom is -0.383 e. The van der Waals surface area contributed by atoms with Gasteiger partial charge >= 0.3 is 0 Å². The van der Waals surface area contributed by atoms with Crippen molar-refractivity contribution in [3.8, 4) is 11.1 Å². The molecule has 4 heterocycles. The molecular weight excluding hydrogens is 551 g/mol. The fourth-order valence-electron chi connectivity index (χ4n) is 5.18. The zero-order chi connectivity index (χ0) is 30.6. The van der Waals surface area contributed by atoms with Gasteiger partial charge in [-0.05, 0) is 81.3 Å². The molecule has 1 fully saturated rings.